The zero-order valence-electron chi connectivity index (χ0n) is 12.8. The third kappa shape index (κ3) is 3.45. The van der Waals surface area contributed by atoms with Gasteiger partial charge in [0.05, 0.1) is 32.2 Å². The number of hydrogen-bond acceptors (Lipinski definition) is 5. The fourth-order valence-electron chi connectivity index (χ4n) is 2.33. The maximum atomic E-state index is 12.2. The average Bonchev–Trinajstić information content (AvgIpc) is 2.75. The van der Waals surface area contributed by atoms with E-state index in [0.29, 0.717) is 17.1 Å². The molecule has 1 atom stereocenters. The molecular formula is C14H20N3O4S+. The van der Waals surface area contributed by atoms with Crippen LogP contribution in [0.4, 0.5) is 5.00 Å². The molecule has 120 valence electrons. The van der Waals surface area contributed by atoms with E-state index >= 15 is 0 Å². The molecule has 0 unspecified atom stereocenters. The quantitative estimate of drug-likeness (QED) is 0.652. The highest BCUT2D eigenvalue weighted by atomic mass is 32.1. The molecule has 4 N–H and O–H groups in total. The van der Waals surface area contributed by atoms with E-state index in [1.54, 1.807) is 0 Å². The number of esters is 1. The maximum Gasteiger partial charge on any atom is 0.341 e. The fourth-order valence-corrected chi connectivity index (χ4v) is 3.40. The van der Waals surface area contributed by atoms with Gasteiger partial charge < -0.3 is 20.7 Å². The Hall–Kier alpha value is -1.93. The topological polar surface area (TPSA) is 101 Å². The summed E-state index contributed by atoms with van der Waals surface area (Å²) in [5.41, 5.74) is 1.18. The number of nitrogens with one attached hydrogen (secondary N) is 2. The van der Waals surface area contributed by atoms with Gasteiger partial charge in [0, 0.05) is 4.88 Å². The summed E-state index contributed by atoms with van der Waals surface area (Å²) in [4.78, 5) is 36.6. The number of ether oxygens (including phenoxy) is 1. The minimum Gasteiger partial charge on any atom is -0.465 e. The Morgan fingerprint density at radius 3 is 2.82 bits per heavy atom. The summed E-state index contributed by atoms with van der Waals surface area (Å²) in [6.07, 6.45) is 0.0719. The van der Waals surface area contributed by atoms with Crippen molar-refractivity contribution in [3.05, 3.63) is 16.0 Å². The van der Waals surface area contributed by atoms with Crippen LogP contribution >= 0.6 is 11.3 Å². The molecule has 1 aromatic heterocycles. The first-order valence-electron chi connectivity index (χ1n) is 7.03. The number of rotatable bonds is 4. The molecule has 2 amide bonds. The molecule has 0 bridgehead atoms. The number of carbonyl (C=O) groups excluding carboxylic acids is 3. The third-order valence-corrected chi connectivity index (χ3v) is 4.79. The molecule has 1 fully saturated rings. The van der Waals surface area contributed by atoms with E-state index in [2.05, 4.69) is 10.6 Å². The SMILES string of the molecule is COC(=O)c1c(NC(=O)C[C@@H]2[NH2+]CCNC2=O)sc(C)c1C. The first-order valence-corrected chi connectivity index (χ1v) is 7.85. The molecule has 0 aliphatic carbocycles. The van der Waals surface area contributed by atoms with Crippen molar-refractivity contribution in [2.75, 3.05) is 25.5 Å². The number of nitrogens with two attached hydrogens (primary N) is 1. The van der Waals surface area contributed by atoms with Gasteiger partial charge in [-0.3, -0.25) is 9.59 Å². The van der Waals surface area contributed by atoms with E-state index in [9.17, 15) is 14.4 Å². The highest BCUT2D eigenvalue weighted by molar-refractivity contribution is 7.16. The van der Waals surface area contributed by atoms with Gasteiger partial charge in [-0.25, -0.2) is 4.79 Å². The number of quaternary nitrogens is 1. The second kappa shape index (κ2) is 6.89. The number of methoxy groups -OCH3 is 1. The molecule has 8 heteroatoms. The van der Waals surface area contributed by atoms with E-state index < -0.39 is 12.0 Å². The largest absolute Gasteiger partial charge is 0.465 e. The molecule has 0 radical (unpaired) electrons. The Labute approximate surface area is 132 Å². The monoisotopic (exact) mass is 326 g/mol. The summed E-state index contributed by atoms with van der Waals surface area (Å²) < 4.78 is 4.77. The van der Waals surface area contributed by atoms with Crippen LogP contribution in [0.5, 0.6) is 0 Å². The summed E-state index contributed by atoms with van der Waals surface area (Å²) >= 11 is 1.33. The fraction of sp³-hybridized carbons (Fsp3) is 0.500. The van der Waals surface area contributed by atoms with Crippen LogP contribution in [0.25, 0.3) is 0 Å². The number of hydrogen-bond donors (Lipinski definition) is 3. The van der Waals surface area contributed by atoms with E-state index in [1.807, 2.05) is 19.2 Å². The molecular weight excluding hydrogens is 306 g/mol. The molecule has 1 aromatic rings. The molecule has 22 heavy (non-hydrogen) atoms. The molecule has 0 saturated carbocycles. The zero-order valence-corrected chi connectivity index (χ0v) is 13.6. The molecule has 0 aromatic carbocycles. The molecule has 2 rings (SSSR count). The van der Waals surface area contributed by atoms with Crippen molar-refractivity contribution in [1.29, 1.82) is 0 Å². The van der Waals surface area contributed by atoms with Crippen molar-refractivity contribution in [2.24, 2.45) is 0 Å². The van der Waals surface area contributed by atoms with Crippen LogP contribution in [0, 0.1) is 13.8 Å². The van der Waals surface area contributed by atoms with Crippen molar-refractivity contribution in [3.8, 4) is 0 Å². The summed E-state index contributed by atoms with van der Waals surface area (Å²) in [6, 6.07) is -0.419. The zero-order chi connectivity index (χ0) is 16.3. The van der Waals surface area contributed by atoms with Gasteiger partial charge in [0.2, 0.25) is 5.91 Å². The van der Waals surface area contributed by atoms with E-state index in [4.69, 9.17) is 4.74 Å². The van der Waals surface area contributed by atoms with Crippen molar-refractivity contribution in [2.45, 2.75) is 26.3 Å². The Kier molecular flexibility index (Phi) is 5.15. The normalized spacial score (nSPS) is 17.8. The molecule has 1 aliphatic heterocycles. The van der Waals surface area contributed by atoms with Crippen LogP contribution in [-0.2, 0) is 14.3 Å². The maximum absolute atomic E-state index is 12.2. The lowest BCUT2D eigenvalue weighted by Gasteiger charge is -2.19. The lowest BCUT2D eigenvalue weighted by molar-refractivity contribution is -0.678. The number of thiophene rings is 1. The second-order valence-electron chi connectivity index (χ2n) is 5.15. The minimum absolute atomic E-state index is 0.0719. The van der Waals surface area contributed by atoms with Gasteiger partial charge in [-0.05, 0) is 19.4 Å². The van der Waals surface area contributed by atoms with Gasteiger partial charge in [0.15, 0.2) is 6.04 Å². The third-order valence-electron chi connectivity index (χ3n) is 3.66. The van der Waals surface area contributed by atoms with Gasteiger partial charge in [-0.2, -0.15) is 0 Å². The van der Waals surface area contributed by atoms with Crippen molar-refractivity contribution in [3.63, 3.8) is 0 Å². The second-order valence-corrected chi connectivity index (χ2v) is 6.38. The molecule has 7 nitrogen and oxygen atoms in total. The first kappa shape index (κ1) is 16.4. The van der Waals surface area contributed by atoms with Gasteiger partial charge in [-0.15, -0.1) is 11.3 Å². The Morgan fingerprint density at radius 2 is 2.18 bits per heavy atom. The summed E-state index contributed by atoms with van der Waals surface area (Å²) in [6.45, 7) is 5.07. The lowest BCUT2D eigenvalue weighted by atomic mass is 10.1. The lowest BCUT2D eigenvalue weighted by Crippen LogP contribution is -2.96. The number of amides is 2. The Morgan fingerprint density at radius 1 is 1.45 bits per heavy atom. The summed E-state index contributed by atoms with van der Waals surface area (Å²) in [5.74, 6) is -0.892. The first-order chi connectivity index (χ1) is 10.4. The number of carbonyl (C=O) groups is 3. The van der Waals surface area contributed by atoms with Crippen LogP contribution in [0.1, 0.15) is 27.2 Å². The highest BCUT2D eigenvalue weighted by Gasteiger charge is 2.29. The van der Waals surface area contributed by atoms with E-state index in [1.165, 1.54) is 18.4 Å². The van der Waals surface area contributed by atoms with E-state index in [-0.39, 0.29) is 18.2 Å². The van der Waals surface area contributed by atoms with Gasteiger partial charge in [-0.1, -0.05) is 0 Å². The number of piperazine rings is 1. The van der Waals surface area contributed by atoms with Crippen LogP contribution in [0.15, 0.2) is 0 Å². The molecule has 1 saturated heterocycles. The van der Waals surface area contributed by atoms with E-state index in [0.717, 1.165) is 17.0 Å². The molecule has 2 heterocycles. The predicted molar refractivity (Wildman–Crippen MR) is 82.0 cm³/mol. The van der Waals surface area contributed by atoms with Crippen LogP contribution in [-0.4, -0.2) is 44.0 Å². The number of aryl methyl sites for hydroxylation is 1. The van der Waals surface area contributed by atoms with Crippen LogP contribution in [0.2, 0.25) is 0 Å². The summed E-state index contributed by atoms with van der Waals surface area (Å²) in [5, 5.41) is 7.79. The van der Waals surface area contributed by atoms with Crippen molar-refractivity contribution in [1.82, 2.24) is 5.32 Å². The molecule has 1 aliphatic rings. The smallest absolute Gasteiger partial charge is 0.341 e. The average molecular weight is 326 g/mol. The highest BCUT2D eigenvalue weighted by Crippen LogP contribution is 2.33. The summed E-state index contributed by atoms with van der Waals surface area (Å²) in [7, 11) is 1.31. The van der Waals surface area contributed by atoms with Crippen LogP contribution < -0.4 is 16.0 Å². The number of anilines is 1. The molecule has 0 spiro atoms. The Balaban J connectivity index is 2.10. The van der Waals surface area contributed by atoms with Crippen LogP contribution in [0.3, 0.4) is 0 Å². The van der Waals surface area contributed by atoms with Gasteiger partial charge in [0.25, 0.3) is 5.91 Å². The predicted octanol–water partition coefficient (Wildman–Crippen LogP) is -0.458. The van der Waals surface area contributed by atoms with Crippen molar-refractivity contribution < 1.29 is 24.4 Å². The Bertz CT molecular complexity index is 611. The van der Waals surface area contributed by atoms with Crippen molar-refractivity contribution >= 4 is 34.1 Å². The van der Waals surface area contributed by atoms with Gasteiger partial charge in [0.1, 0.15) is 5.00 Å². The van der Waals surface area contributed by atoms with Gasteiger partial charge >= 0.3 is 5.97 Å². The standard InChI is InChI=1S/C14H19N3O4S/c1-7-8(2)22-13(11(7)14(20)21-3)17-10(18)6-9-12(19)16-5-4-15-9/h9,15H,4-6H2,1-3H3,(H,16,19)(H,17,18)/p+1/t9-/m0/s1. The minimum atomic E-state index is -0.473.